The topological polar surface area (TPSA) is 56.6 Å². The van der Waals surface area contributed by atoms with Gasteiger partial charge in [-0.1, -0.05) is 0 Å². The van der Waals surface area contributed by atoms with Gasteiger partial charge in [0.2, 0.25) is 5.91 Å². The van der Waals surface area contributed by atoms with Gasteiger partial charge in [0, 0.05) is 16.7 Å². The van der Waals surface area contributed by atoms with Crippen LogP contribution in [0.1, 0.15) is 0 Å². The number of halogens is 1. The van der Waals surface area contributed by atoms with Crippen LogP contribution < -0.4 is 4.74 Å². The van der Waals surface area contributed by atoms with E-state index in [-0.39, 0.29) is 12.5 Å². The average molecular weight is 413 g/mol. The molecule has 1 aromatic carbocycles. The van der Waals surface area contributed by atoms with Crippen molar-refractivity contribution in [3.05, 3.63) is 40.2 Å². The highest BCUT2D eigenvalue weighted by atomic mass is 127. The predicted molar refractivity (Wildman–Crippen MR) is 88.9 cm³/mol. The molecule has 0 bridgehead atoms. The Kier molecular flexibility index (Phi) is 4.94. The number of nitrogens with zero attached hydrogens (tertiary/aromatic N) is 3. The average Bonchev–Trinajstić information content (AvgIpc) is 2.97. The number of aromatic nitrogens is 2. The van der Waals surface area contributed by atoms with E-state index < -0.39 is 0 Å². The highest BCUT2D eigenvalue weighted by Gasteiger charge is 2.17. The molecule has 1 aromatic heterocycles. The number of amides is 1. The van der Waals surface area contributed by atoms with E-state index in [4.69, 9.17) is 9.47 Å². The van der Waals surface area contributed by atoms with Crippen molar-refractivity contribution >= 4 is 28.5 Å². The number of carbonyl (C=O) groups excluding carboxylic acids is 1. The molecule has 22 heavy (non-hydrogen) atoms. The molecule has 0 radical (unpaired) electrons. The van der Waals surface area contributed by atoms with Crippen LogP contribution in [0.5, 0.6) is 11.5 Å². The van der Waals surface area contributed by atoms with Gasteiger partial charge in [0.25, 0.3) is 0 Å². The summed E-state index contributed by atoms with van der Waals surface area (Å²) in [5.74, 6) is 1.42. The molecule has 1 fully saturated rings. The second-order valence-corrected chi connectivity index (χ2v) is 6.17. The predicted octanol–water partition coefficient (Wildman–Crippen LogP) is 2.14. The Morgan fingerprint density at radius 2 is 1.95 bits per heavy atom. The summed E-state index contributed by atoms with van der Waals surface area (Å²) in [6, 6.07) is 7.75. The summed E-state index contributed by atoms with van der Waals surface area (Å²) < 4.78 is 13.7. The maximum Gasteiger partial charge on any atom is 0.244 e. The van der Waals surface area contributed by atoms with Crippen molar-refractivity contribution in [2.45, 2.75) is 6.54 Å². The van der Waals surface area contributed by atoms with Crippen molar-refractivity contribution in [1.82, 2.24) is 14.7 Å². The van der Waals surface area contributed by atoms with Crippen LogP contribution in [0, 0.1) is 3.57 Å². The van der Waals surface area contributed by atoms with E-state index in [1.54, 1.807) is 22.0 Å². The van der Waals surface area contributed by atoms with Crippen molar-refractivity contribution in [1.29, 1.82) is 0 Å². The zero-order valence-electron chi connectivity index (χ0n) is 11.9. The zero-order chi connectivity index (χ0) is 15.4. The van der Waals surface area contributed by atoms with Crippen LogP contribution in [-0.4, -0.2) is 46.9 Å². The molecule has 3 rings (SSSR count). The standard InChI is InChI=1S/C15H16IN3O3/c16-12-1-3-13(4-2-12)22-14-9-17-19(10-14)11-15(20)18-5-7-21-8-6-18/h1-4,9-10H,5-8,11H2. The molecule has 116 valence electrons. The molecule has 0 unspecified atom stereocenters. The Balaban J connectivity index is 1.58. The SMILES string of the molecule is O=C(Cn1cc(Oc2ccc(I)cc2)cn1)N1CCOCC1. The van der Waals surface area contributed by atoms with Gasteiger partial charge in [0.05, 0.1) is 25.6 Å². The zero-order valence-corrected chi connectivity index (χ0v) is 14.1. The van der Waals surface area contributed by atoms with Crippen LogP contribution in [0.2, 0.25) is 0 Å². The summed E-state index contributed by atoms with van der Waals surface area (Å²) in [6.07, 6.45) is 3.35. The van der Waals surface area contributed by atoms with E-state index in [1.807, 2.05) is 24.3 Å². The lowest BCUT2D eigenvalue weighted by Crippen LogP contribution is -2.42. The largest absolute Gasteiger partial charge is 0.454 e. The van der Waals surface area contributed by atoms with E-state index in [2.05, 4.69) is 27.7 Å². The van der Waals surface area contributed by atoms with Crippen LogP contribution >= 0.6 is 22.6 Å². The monoisotopic (exact) mass is 413 g/mol. The van der Waals surface area contributed by atoms with Gasteiger partial charge in [-0.15, -0.1) is 0 Å². The summed E-state index contributed by atoms with van der Waals surface area (Å²) in [7, 11) is 0. The summed E-state index contributed by atoms with van der Waals surface area (Å²) in [5.41, 5.74) is 0. The fourth-order valence-corrected chi connectivity index (χ4v) is 2.53. The normalized spacial score (nSPS) is 14.9. The summed E-state index contributed by atoms with van der Waals surface area (Å²) >= 11 is 2.24. The minimum Gasteiger partial charge on any atom is -0.454 e. The Morgan fingerprint density at radius 1 is 1.23 bits per heavy atom. The fraction of sp³-hybridized carbons (Fsp3) is 0.333. The van der Waals surface area contributed by atoms with Crippen LogP contribution in [-0.2, 0) is 16.1 Å². The molecule has 7 heteroatoms. The van der Waals surface area contributed by atoms with Crippen molar-refractivity contribution in [3.63, 3.8) is 0 Å². The first kappa shape index (κ1) is 15.3. The third kappa shape index (κ3) is 3.98. The number of morpholine rings is 1. The first-order valence-electron chi connectivity index (χ1n) is 7.02. The van der Waals surface area contributed by atoms with Gasteiger partial charge >= 0.3 is 0 Å². The highest BCUT2D eigenvalue weighted by molar-refractivity contribution is 14.1. The van der Waals surface area contributed by atoms with E-state index in [0.29, 0.717) is 32.1 Å². The molecule has 0 spiro atoms. The van der Waals surface area contributed by atoms with Crippen molar-refractivity contribution < 1.29 is 14.3 Å². The molecule has 2 aromatic rings. The first-order valence-corrected chi connectivity index (χ1v) is 8.10. The van der Waals surface area contributed by atoms with E-state index in [9.17, 15) is 4.79 Å². The van der Waals surface area contributed by atoms with Crippen molar-refractivity contribution in [3.8, 4) is 11.5 Å². The van der Waals surface area contributed by atoms with Crippen LogP contribution in [0.15, 0.2) is 36.7 Å². The van der Waals surface area contributed by atoms with E-state index in [1.165, 1.54) is 0 Å². The number of ether oxygens (including phenoxy) is 2. The molecular formula is C15H16IN3O3. The first-order chi connectivity index (χ1) is 10.7. The second-order valence-electron chi connectivity index (χ2n) is 4.92. The molecule has 0 saturated carbocycles. The van der Waals surface area contributed by atoms with Gasteiger partial charge in [0.15, 0.2) is 5.75 Å². The van der Waals surface area contributed by atoms with Crippen LogP contribution in [0.3, 0.4) is 0 Å². The minimum absolute atomic E-state index is 0.0483. The van der Waals surface area contributed by atoms with Gasteiger partial charge in [-0.25, -0.2) is 0 Å². The number of benzene rings is 1. The van der Waals surface area contributed by atoms with Crippen LogP contribution in [0.25, 0.3) is 0 Å². The minimum atomic E-state index is 0.0483. The number of hydrogen-bond acceptors (Lipinski definition) is 4. The Labute approximate surface area is 142 Å². The maximum atomic E-state index is 12.1. The maximum absolute atomic E-state index is 12.1. The molecule has 1 saturated heterocycles. The second kappa shape index (κ2) is 7.10. The Hall–Kier alpha value is -1.61. The number of rotatable bonds is 4. The van der Waals surface area contributed by atoms with Gasteiger partial charge in [-0.2, -0.15) is 5.10 Å². The van der Waals surface area contributed by atoms with Crippen LogP contribution in [0.4, 0.5) is 0 Å². The number of carbonyl (C=O) groups is 1. The van der Waals surface area contributed by atoms with Gasteiger partial charge < -0.3 is 14.4 Å². The summed E-state index contributed by atoms with van der Waals surface area (Å²) in [4.78, 5) is 13.9. The molecule has 2 heterocycles. The van der Waals surface area contributed by atoms with E-state index in [0.717, 1.165) is 9.32 Å². The summed E-state index contributed by atoms with van der Waals surface area (Å²) in [5, 5.41) is 4.18. The Bertz CT molecular complexity index is 636. The molecule has 1 aliphatic heterocycles. The lowest BCUT2D eigenvalue weighted by atomic mass is 10.3. The van der Waals surface area contributed by atoms with Gasteiger partial charge in [0.1, 0.15) is 12.3 Å². The number of hydrogen-bond donors (Lipinski definition) is 0. The van der Waals surface area contributed by atoms with E-state index >= 15 is 0 Å². The van der Waals surface area contributed by atoms with Gasteiger partial charge in [-0.3, -0.25) is 9.48 Å². The molecular weight excluding hydrogens is 397 g/mol. The highest BCUT2D eigenvalue weighted by Crippen LogP contribution is 2.21. The third-order valence-corrected chi connectivity index (χ3v) is 4.04. The molecule has 1 aliphatic rings. The smallest absolute Gasteiger partial charge is 0.244 e. The Morgan fingerprint density at radius 3 is 2.68 bits per heavy atom. The van der Waals surface area contributed by atoms with Crippen molar-refractivity contribution in [2.75, 3.05) is 26.3 Å². The molecule has 6 nitrogen and oxygen atoms in total. The fourth-order valence-electron chi connectivity index (χ4n) is 2.17. The lowest BCUT2D eigenvalue weighted by Gasteiger charge is -2.26. The molecule has 0 N–H and O–H groups in total. The molecule has 0 aliphatic carbocycles. The van der Waals surface area contributed by atoms with Crippen molar-refractivity contribution in [2.24, 2.45) is 0 Å². The molecule has 1 amide bonds. The van der Waals surface area contributed by atoms with Gasteiger partial charge in [-0.05, 0) is 46.9 Å². The summed E-state index contributed by atoms with van der Waals surface area (Å²) in [6.45, 7) is 2.71. The molecule has 0 atom stereocenters. The quantitative estimate of drug-likeness (QED) is 0.721. The third-order valence-electron chi connectivity index (χ3n) is 3.32. The lowest BCUT2D eigenvalue weighted by molar-refractivity contribution is -0.136.